The van der Waals surface area contributed by atoms with Gasteiger partial charge in [-0.15, -0.1) is 0 Å². The normalized spacial score (nSPS) is 12.4. The first-order valence-corrected chi connectivity index (χ1v) is 9.59. The van der Waals surface area contributed by atoms with Gasteiger partial charge < -0.3 is 9.84 Å². The van der Waals surface area contributed by atoms with E-state index in [4.69, 9.17) is 17.0 Å². The molecular weight excluding hydrogens is 364 g/mol. The molecule has 1 unspecified atom stereocenters. The van der Waals surface area contributed by atoms with Crippen molar-refractivity contribution >= 4 is 35.5 Å². The fraction of sp³-hybridized carbons (Fsp3) is 0.200. The molecule has 1 heterocycles. The third-order valence-electron chi connectivity index (χ3n) is 4.00. The number of aliphatic imine (C=N–C) groups is 1. The van der Waals surface area contributed by atoms with E-state index >= 15 is 0 Å². The van der Waals surface area contributed by atoms with Crippen LogP contribution in [0.5, 0.6) is 11.6 Å². The molecule has 0 saturated heterocycles. The number of hydrogen-bond donors (Lipinski definition) is 1. The zero-order valence-corrected chi connectivity index (χ0v) is 16.3. The van der Waals surface area contributed by atoms with E-state index < -0.39 is 0 Å². The lowest BCUT2D eigenvalue weighted by Crippen LogP contribution is -2.06. The molecule has 0 fully saturated rings. The molecule has 134 valence electrons. The summed E-state index contributed by atoms with van der Waals surface area (Å²) in [5.41, 5.74) is 1.80. The molecule has 0 aliphatic rings. The van der Waals surface area contributed by atoms with Crippen LogP contribution in [0, 0.1) is 3.95 Å². The minimum Gasteiger partial charge on any atom is -0.493 e. The second-order valence-electron chi connectivity index (χ2n) is 5.67. The molecule has 0 amide bonds. The van der Waals surface area contributed by atoms with E-state index in [0.29, 0.717) is 21.2 Å². The molecule has 0 aliphatic heterocycles. The predicted molar refractivity (Wildman–Crippen MR) is 110 cm³/mol. The summed E-state index contributed by atoms with van der Waals surface area (Å²) in [6, 6.07) is 17.5. The highest BCUT2D eigenvalue weighted by atomic mass is 32.1. The summed E-state index contributed by atoms with van der Waals surface area (Å²) in [4.78, 5) is 5.11. The van der Waals surface area contributed by atoms with Crippen molar-refractivity contribution < 1.29 is 9.84 Å². The van der Waals surface area contributed by atoms with Gasteiger partial charge in [-0.05, 0) is 43.8 Å². The Labute approximate surface area is 162 Å². The maximum atomic E-state index is 10.7. The van der Waals surface area contributed by atoms with Crippen molar-refractivity contribution in [2.45, 2.75) is 19.9 Å². The Kier molecular flexibility index (Phi) is 5.85. The zero-order valence-electron chi connectivity index (χ0n) is 14.6. The van der Waals surface area contributed by atoms with Crippen molar-refractivity contribution in [2.24, 2.45) is 4.99 Å². The first kappa shape index (κ1) is 18.4. The Morgan fingerprint density at radius 1 is 1.19 bits per heavy atom. The fourth-order valence-electron chi connectivity index (χ4n) is 2.67. The highest BCUT2D eigenvalue weighted by Gasteiger charge is 2.17. The van der Waals surface area contributed by atoms with Crippen molar-refractivity contribution in [1.82, 2.24) is 4.57 Å². The zero-order chi connectivity index (χ0) is 18.5. The van der Waals surface area contributed by atoms with E-state index in [2.05, 4.69) is 4.99 Å². The average molecular weight is 385 g/mol. The molecule has 0 aliphatic carbocycles. The standard InChI is InChI=1S/C20H20N2O2S2/c1-3-24-17-12-8-7-11-16(17)21-13-18-19(23)22(20(25)26-18)14(2)15-9-5-4-6-10-15/h4-14,23H,3H2,1-2H3. The van der Waals surface area contributed by atoms with Crippen LogP contribution in [0.15, 0.2) is 59.6 Å². The van der Waals surface area contributed by atoms with Gasteiger partial charge >= 0.3 is 0 Å². The maximum Gasteiger partial charge on any atom is 0.212 e. The summed E-state index contributed by atoms with van der Waals surface area (Å²) in [6.07, 6.45) is 1.64. The molecule has 4 nitrogen and oxygen atoms in total. The number of ether oxygens (including phenoxy) is 1. The van der Waals surface area contributed by atoms with Crippen molar-refractivity contribution in [1.29, 1.82) is 0 Å². The first-order valence-electron chi connectivity index (χ1n) is 8.37. The van der Waals surface area contributed by atoms with E-state index in [9.17, 15) is 5.11 Å². The summed E-state index contributed by atoms with van der Waals surface area (Å²) in [5.74, 6) is 0.848. The van der Waals surface area contributed by atoms with Crippen LogP contribution in [0.3, 0.4) is 0 Å². The molecule has 3 rings (SSSR count). The van der Waals surface area contributed by atoms with Crippen LogP contribution in [0.2, 0.25) is 0 Å². The number of aromatic nitrogens is 1. The van der Waals surface area contributed by atoms with Gasteiger partial charge in [0.2, 0.25) is 5.88 Å². The maximum absolute atomic E-state index is 10.7. The lowest BCUT2D eigenvalue weighted by atomic mass is 10.1. The third kappa shape index (κ3) is 3.86. The average Bonchev–Trinajstić information content (AvgIpc) is 2.95. The highest BCUT2D eigenvalue weighted by Crippen LogP contribution is 2.32. The van der Waals surface area contributed by atoms with Crippen LogP contribution in [0.25, 0.3) is 0 Å². The molecular formula is C20H20N2O2S2. The minimum absolute atomic E-state index is 0.0576. The van der Waals surface area contributed by atoms with Gasteiger partial charge in [0.15, 0.2) is 3.95 Å². The number of thiazole rings is 1. The lowest BCUT2D eigenvalue weighted by molar-refractivity contribution is 0.341. The SMILES string of the molecule is CCOc1ccccc1N=Cc1sc(=S)n(C(C)c2ccccc2)c1O. The van der Waals surface area contributed by atoms with Crippen LogP contribution in [0.1, 0.15) is 30.3 Å². The summed E-state index contributed by atoms with van der Waals surface area (Å²) in [6.45, 7) is 4.52. The van der Waals surface area contributed by atoms with Crippen molar-refractivity contribution in [3.63, 3.8) is 0 Å². The van der Waals surface area contributed by atoms with E-state index in [-0.39, 0.29) is 11.9 Å². The Morgan fingerprint density at radius 2 is 1.88 bits per heavy atom. The van der Waals surface area contributed by atoms with Crippen molar-refractivity contribution in [3.05, 3.63) is 69.0 Å². The van der Waals surface area contributed by atoms with Gasteiger partial charge in [-0.1, -0.05) is 53.8 Å². The topological polar surface area (TPSA) is 46.8 Å². The quantitative estimate of drug-likeness (QED) is 0.435. The number of benzene rings is 2. The number of nitrogens with zero attached hydrogens (tertiary/aromatic N) is 2. The van der Waals surface area contributed by atoms with E-state index in [0.717, 1.165) is 11.3 Å². The Balaban J connectivity index is 1.93. The lowest BCUT2D eigenvalue weighted by Gasteiger charge is -2.14. The van der Waals surface area contributed by atoms with Crippen LogP contribution in [0.4, 0.5) is 5.69 Å². The fourth-order valence-corrected chi connectivity index (χ4v) is 4.01. The molecule has 0 saturated carbocycles. The van der Waals surface area contributed by atoms with E-state index in [1.54, 1.807) is 10.8 Å². The number of rotatable bonds is 6. The molecule has 0 spiro atoms. The summed E-state index contributed by atoms with van der Waals surface area (Å²) >= 11 is 6.81. The molecule has 1 N–H and O–H groups in total. The van der Waals surface area contributed by atoms with Gasteiger partial charge in [0.25, 0.3) is 0 Å². The molecule has 3 aromatic rings. The molecule has 0 radical (unpaired) electrons. The Hall–Kier alpha value is -2.44. The molecule has 0 bridgehead atoms. The largest absolute Gasteiger partial charge is 0.493 e. The Bertz CT molecular complexity index is 961. The van der Waals surface area contributed by atoms with E-state index in [1.165, 1.54) is 11.3 Å². The summed E-state index contributed by atoms with van der Waals surface area (Å²) in [7, 11) is 0. The van der Waals surface area contributed by atoms with E-state index in [1.807, 2.05) is 68.4 Å². The smallest absolute Gasteiger partial charge is 0.212 e. The molecule has 6 heteroatoms. The molecule has 1 atom stereocenters. The molecule has 1 aromatic heterocycles. The van der Waals surface area contributed by atoms with Gasteiger partial charge in [-0.3, -0.25) is 9.56 Å². The monoisotopic (exact) mass is 384 g/mol. The predicted octanol–water partition coefficient (Wildman–Crippen LogP) is 5.74. The van der Waals surface area contributed by atoms with Crippen LogP contribution in [-0.2, 0) is 0 Å². The van der Waals surface area contributed by atoms with Crippen LogP contribution < -0.4 is 4.74 Å². The van der Waals surface area contributed by atoms with Crippen molar-refractivity contribution in [3.8, 4) is 11.6 Å². The first-order chi connectivity index (χ1) is 12.6. The third-order valence-corrected chi connectivity index (χ3v) is 5.32. The molecule has 2 aromatic carbocycles. The Morgan fingerprint density at radius 3 is 2.62 bits per heavy atom. The summed E-state index contributed by atoms with van der Waals surface area (Å²) < 4.78 is 7.95. The van der Waals surface area contributed by atoms with Gasteiger partial charge in [0.05, 0.1) is 18.9 Å². The number of aromatic hydroxyl groups is 1. The molecule has 26 heavy (non-hydrogen) atoms. The highest BCUT2D eigenvalue weighted by molar-refractivity contribution is 7.73. The summed E-state index contributed by atoms with van der Waals surface area (Å²) in [5, 5.41) is 10.7. The van der Waals surface area contributed by atoms with Gasteiger partial charge in [-0.25, -0.2) is 0 Å². The van der Waals surface area contributed by atoms with Crippen molar-refractivity contribution in [2.75, 3.05) is 6.61 Å². The number of hydrogen-bond acceptors (Lipinski definition) is 5. The van der Waals surface area contributed by atoms with Crippen LogP contribution in [-0.4, -0.2) is 22.5 Å². The number of para-hydroxylation sites is 2. The van der Waals surface area contributed by atoms with Gasteiger partial charge in [0, 0.05) is 0 Å². The minimum atomic E-state index is -0.0576. The van der Waals surface area contributed by atoms with Gasteiger partial charge in [0.1, 0.15) is 16.3 Å². The van der Waals surface area contributed by atoms with Crippen LogP contribution >= 0.6 is 23.6 Å². The van der Waals surface area contributed by atoms with Gasteiger partial charge in [-0.2, -0.15) is 0 Å². The second-order valence-corrected chi connectivity index (χ2v) is 7.35. The second kappa shape index (κ2) is 8.29.